The van der Waals surface area contributed by atoms with Gasteiger partial charge in [-0.3, -0.25) is 14.5 Å². The van der Waals surface area contributed by atoms with Gasteiger partial charge in [-0.15, -0.1) is 11.3 Å². The molecule has 1 N–H and O–H groups in total. The lowest BCUT2D eigenvalue weighted by Crippen LogP contribution is -2.46. The molecule has 3 rings (SSSR count). The first-order chi connectivity index (χ1) is 15.5. The van der Waals surface area contributed by atoms with Crippen LogP contribution in [0, 0.1) is 31.1 Å². The SMILES string of the molecule is Cc1ccc(N(CCC#N)C(=O)CN2CCC(C(=O)NCCc3cccs3)CC2)cc1C. The van der Waals surface area contributed by atoms with Crippen molar-refractivity contribution in [3.63, 3.8) is 0 Å². The van der Waals surface area contributed by atoms with E-state index in [1.165, 1.54) is 10.4 Å². The van der Waals surface area contributed by atoms with Gasteiger partial charge in [0.05, 0.1) is 19.0 Å². The zero-order valence-corrected chi connectivity index (χ0v) is 19.8. The maximum atomic E-state index is 13.1. The Morgan fingerprint density at radius 1 is 1.22 bits per heavy atom. The maximum Gasteiger partial charge on any atom is 0.241 e. The predicted molar refractivity (Wildman–Crippen MR) is 129 cm³/mol. The third-order valence-corrected chi connectivity index (χ3v) is 7.05. The molecular weight excluding hydrogens is 420 g/mol. The van der Waals surface area contributed by atoms with Crippen LogP contribution in [0.1, 0.15) is 35.3 Å². The Labute approximate surface area is 194 Å². The number of anilines is 1. The van der Waals surface area contributed by atoms with Crippen LogP contribution in [0.3, 0.4) is 0 Å². The molecule has 1 aliphatic heterocycles. The fraction of sp³-hybridized carbons (Fsp3) is 0.480. The van der Waals surface area contributed by atoms with Gasteiger partial charge in [-0.05, 0) is 80.9 Å². The number of carbonyl (C=O) groups is 2. The van der Waals surface area contributed by atoms with Crippen LogP contribution in [0.4, 0.5) is 5.69 Å². The van der Waals surface area contributed by atoms with Crippen molar-refractivity contribution < 1.29 is 9.59 Å². The molecule has 1 aliphatic rings. The molecule has 2 heterocycles. The second kappa shape index (κ2) is 11.8. The Morgan fingerprint density at radius 2 is 2.00 bits per heavy atom. The number of piperidine rings is 1. The number of likely N-dealkylation sites (tertiary alicyclic amines) is 1. The number of aryl methyl sites for hydroxylation is 2. The van der Waals surface area contributed by atoms with Gasteiger partial charge in [0.1, 0.15) is 0 Å². The summed E-state index contributed by atoms with van der Waals surface area (Å²) in [6, 6.07) is 12.2. The summed E-state index contributed by atoms with van der Waals surface area (Å²) in [5, 5.41) is 14.1. The standard InChI is InChI=1S/C25H32N4O2S/c1-19-6-7-22(17-20(19)2)29(13-4-11-26)24(30)18-28-14-9-21(10-15-28)25(31)27-12-8-23-5-3-16-32-23/h3,5-7,16-17,21H,4,8-10,12-15,18H2,1-2H3,(H,27,31). The largest absolute Gasteiger partial charge is 0.355 e. The van der Waals surface area contributed by atoms with Gasteiger partial charge in [0.15, 0.2) is 0 Å². The molecule has 7 heteroatoms. The van der Waals surface area contributed by atoms with Crippen molar-refractivity contribution in [2.24, 2.45) is 5.92 Å². The Kier molecular flexibility index (Phi) is 8.83. The summed E-state index contributed by atoms with van der Waals surface area (Å²) in [5.41, 5.74) is 3.15. The molecule has 0 spiro atoms. The molecule has 2 amide bonds. The number of benzene rings is 1. The van der Waals surface area contributed by atoms with Gasteiger partial charge in [0.2, 0.25) is 11.8 Å². The van der Waals surface area contributed by atoms with Crippen LogP contribution in [-0.2, 0) is 16.0 Å². The highest BCUT2D eigenvalue weighted by atomic mass is 32.1. The first-order valence-corrected chi connectivity index (χ1v) is 12.1. The van der Waals surface area contributed by atoms with Crippen molar-refractivity contribution in [1.29, 1.82) is 5.26 Å². The number of thiophene rings is 1. The van der Waals surface area contributed by atoms with Crippen LogP contribution in [0.15, 0.2) is 35.7 Å². The van der Waals surface area contributed by atoms with E-state index in [1.54, 1.807) is 16.2 Å². The smallest absolute Gasteiger partial charge is 0.241 e. The average molecular weight is 453 g/mol. The van der Waals surface area contributed by atoms with E-state index in [0.717, 1.165) is 43.6 Å². The zero-order valence-electron chi connectivity index (χ0n) is 19.0. The van der Waals surface area contributed by atoms with Gasteiger partial charge in [0.25, 0.3) is 0 Å². The van der Waals surface area contributed by atoms with E-state index < -0.39 is 0 Å². The van der Waals surface area contributed by atoms with Gasteiger partial charge in [-0.2, -0.15) is 5.26 Å². The van der Waals surface area contributed by atoms with Crippen LogP contribution in [0.5, 0.6) is 0 Å². The van der Waals surface area contributed by atoms with Gasteiger partial charge in [-0.25, -0.2) is 0 Å². The molecule has 170 valence electrons. The molecule has 1 aromatic heterocycles. The minimum Gasteiger partial charge on any atom is -0.355 e. The number of hydrogen-bond acceptors (Lipinski definition) is 5. The van der Waals surface area contributed by atoms with E-state index in [2.05, 4.69) is 27.7 Å². The third kappa shape index (κ3) is 6.65. The average Bonchev–Trinajstić information content (AvgIpc) is 3.30. The van der Waals surface area contributed by atoms with Crippen LogP contribution in [-0.4, -0.2) is 49.4 Å². The number of hydrogen-bond donors (Lipinski definition) is 1. The van der Waals surface area contributed by atoms with Crippen molar-refractivity contribution in [3.05, 3.63) is 51.7 Å². The molecule has 0 unspecified atom stereocenters. The number of carbonyl (C=O) groups excluding carboxylic acids is 2. The van der Waals surface area contributed by atoms with Crippen LogP contribution >= 0.6 is 11.3 Å². The lowest BCUT2D eigenvalue weighted by molar-refractivity contribution is -0.126. The van der Waals surface area contributed by atoms with Crippen molar-refractivity contribution in [3.8, 4) is 6.07 Å². The molecule has 0 saturated carbocycles. The van der Waals surface area contributed by atoms with Crippen LogP contribution in [0.25, 0.3) is 0 Å². The van der Waals surface area contributed by atoms with Gasteiger partial charge in [-0.1, -0.05) is 12.1 Å². The molecule has 0 bridgehead atoms. The number of nitrogens with zero attached hydrogens (tertiary/aromatic N) is 3. The monoisotopic (exact) mass is 452 g/mol. The number of nitriles is 1. The summed E-state index contributed by atoms with van der Waals surface area (Å²) >= 11 is 1.71. The van der Waals surface area contributed by atoms with Crippen molar-refractivity contribution >= 4 is 28.8 Å². The van der Waals surface area contributed by atoms with E-state index in [-0.39, 0.29) is 17.7 Å². The molecule has 0 radical (unpaired) electrons. The maximum absolute atomic E-state index is 13.1. The lowest BCUT2D eigenvalue weighted by Gasteiger charge is -2.32. The summed E-state index contributed by atoms with van der Waals surface area (Å²) in [6.45, 7) is 6.90. The molecule has 1 fully saturated rings. The molecular formula is C25H32N4O2S. The van der Waals surface area contributed by atoms with Crippen molar-refractivity contribution in [2.45, 2.75) is 39.5 Å². The zero-order chi connectivity index (χ0) is 22.9. The first kappa shape index (κ1) is 24.0. The highest BCUT2D eigenvalue weighted by molar-refractivity contribution is 7.09. The van der Waals surface area contributed by atoms with Gasteiger partial charge in [0, 0.05) is 29.6 Å². The molecule has 2 aromatic rings. The van der Waals surface area contributed by atoms with E-state index >= 15 is 0 Å². The first-order valence-electron chi connectivity index (χ1n) is 11.2. The number of amides is 2. The summed E-state index contributed by atoms with van der Waals surface area (Å²) < 4.78 is 0. The molecule has 1 aromatic carbocycles. The number of rotatable bonds is 9. The van der Waals surface area contributed by atoms with Crippen molar-refractivity contribution in [1.82, 2.24) is 10.2 Å². The predicted octanol–water partition coefficient (Wildman–Crippen LogP) is 3.68. The second-order valence-electron chi connectivity index (χ2n) is 8.39. The summed E-state index contributed by atoms with van der Waals surface area (Å²) in [7, 11) is 0. The topological polar surface area (TPSA) is 76.4 Å². The number of nitrogens with one attached hydrogen (secondary N) is 1. The van der Waals surface area contributed by atoms with Crippen LogP contribution < -0.4 is 10.2 Å². The van der Waals surface area contributed by atoms with Crippen LogP contribution in [0.2, 0.25) is 0 Å². The second-order valence-corrected chi connectivity index (χ2v) is 9.43. The van der Waals surface area contributed by atoms with Gasteiger partial charge < -0.3 is 10.2 Å². The Morgan fingerprint density at radius 3 is 2.66 bits per heavy atom. The summed E-state index contributed by atoms with van der Waals surface area (Å²) in [5.74, 6) is 0.139. The summed E-state index contributed by atoms with van der Waals surface area (Å²) in [4.78, 5) is 30.7. The Hall–Kier alpha value is -2.69. The van der Waals surface area contributed by atoms with Gasteiger partial charge >= 0.3 is 0 Å². The minimum absolute atomic E-state index is 0.00218. The Bertz CT molecular complexity index is 943. The molecule has 6 nitrogen and oxygen atoms in total. The Balaban J connectivity index is 1.48. The molecule has 0 atom stereocenters. The van der Waals surface area contributed by atoms with E-state index in [9.17, 15) is 9.59 Å². The fourth-order valence-electron chi connectivity index (χ4n) is 3.99. The van der Waals surface area contributed by atoms with E-state index in [1.807, 2.05) is 38.1 Å². The lowest BCUT2D eigenvalue weighted by atomic mass is 9.96. The quantitative estimate of drug-likeness (QED) is 0.630. The minimum atomic E-state index is 0.00218. The third-order valence-electron chi connectivity index (χ3n) is 6.12. The fourth-order valence-corrected chi connectivity index (χ4v) is 4.70. The van der Waals surface area contributed by atoms with Crippen molar-refractivity contribution in [2.75, 3.05) is 37.6 Å². The molecule has 32 heavy (non-hydrogen) atoms. The molecule has 1 saturated heterocycles. The summed E-state index contributed by atoms with van der Waals surface area (Å²) in [6.07, 6.45) is 2.69. The normalized spacial score (nSPS) is 14.7. The highest BCUT2D eigenvalue weighted by Gasteiger charge is 2.27. The van der Waals surface area contributed by atoms with E-state index in [0.29, 0.717) is 26.1 Å². The van der Waals surface area contributed by atoms with E-state index in [4.69, 9.17) is 5.26 Å². The molecule has 0 aliphatic carbocycles. The highest BCUT2D eigenvalue weighted by Crippen LogP contribution is 2.21.